The fourth-order valence-electron chi connectivity index (χ4n) is 1.62. The van der Waals surface area contributed by atoms with Crippen LogP contribution in [0.25, 0.3) is 0 Å². The van der Waals surface area contributed by atoms with Gasteiger partial charge >= 0.3 is 0 Å². The lowest BCUT2D eigenvalue weighted by molar-refractivity contribution is -0.0652. The van der Waals surface area contributed by atoms with Crippen molar-refractivity contribution in [1.82, 2.24) is 0 Å². The van der Waals surface area contributed by atoms with E-state index in [4.69, 9.17) is 16.4 Å². The monoisotopic (exact) mass is 163 g/mol. The van der Waals surface area contributed by atoms with Crippen molar-refractivity contribution in [2.45, 2.75) is 31.8 Å². The molecule has 0 aromatic heterocycles. The van der Waals surface area contributed by atoms with E-state index in [0.717, 1.165) is 19.3 Å². The Hall–Kier alpha value is -0.990. The van der Waals surface area contributed by atoms with Crippen LogP contribution in [0.1, 0.15) is 26.2 Å². The summed E-state index contributed by atoms with van der Waals surface area (Å²) in [5.41, 5.74) is -1.14. The summed E-state index contributed by atoms with van der Waals surface area (Å²) in [6.45, 7) is 1.81. The highest BCUT2D eigenvalue weighted by Gasteiger charge is 2.52. The topological polar surface area (TPSA) is 33.0 Å². The predicted molar refractivity (Wildman–Crippen MR) is 46.1 cm³/mol. The van der Waals surface area contributed by atoms with Crippen LogP contribution < -0.4 is 0 Å². The van der Waals surface area contributed by atoms with Gasteiger partial charge in [0.05, 0.1) is 11.5 Å². The molecule has 0 spiro atoms. The largest absolute Gasteiger partial charge is 0.364 e. The molecule has 1 saturated carbocycles. The van der Waals surface area contributed by atoms with Gasteiger partial charge in [-0.3, -0.25) is 0 Å². The van der Waals surface area contributed by atoms with Gasteiger partial charge in [-0.2, -0.15) is 5.26 Å². The Morgan fingerprint density at radius 3 is 2.25 bits per heavy atom. The first-order valence-corrected chi connectivity index (χ1v) is 4.08. The third-order valence-electron chi connectivity index (χ3n) is 3.02. The zero-order valence-electron chi connectivity index (χ0n) is 7.55. The molecule has 0 unspecified atom stereocenters. The van der Waals surface area contributed by atoms with Crippen LogP contribution in [0.3, 0.4) is 0 Å². The van der Waals surface area contributed by atoms with Crippen molar-refractivity contribution in [3.8, 4) is 18.4 Å². The number of hydrogen-bond donors (Lipinski definition) is 0. The van der Waals surface area contributed by atoms with Crippen LogP contribution in [0.4, 0.5) is 0 Å². The molecule has 0 radical (unpaired) electrons. The highest BCUT2D eigenvalue weighted by molar-refractivity contribution is 5.25. The fraction of sp³-hybridized carbons (Fsp3) is 0.700. The molecule has 0 aliphatic heterocycles. The quantitative estimate of drug-likeness (QED) is 0.581. The van der Waals surface area contributed by atoms with E-state index in [0.29, 0.717) is 0 Å². The van der Waals surface area contributed by atoms with E-state index >= 15 is 0 Å². The van der Waals surface area contributed by atoms with Crippen LogP contribution in [-0.4, -0.2) is 12.7 Å². The maximum atomic E-state index is 9.01. The van der Waals surface area contributed by atoms with Gasteiger partial charge in [-0.15, -0.1) is 6.42 Å². The molecule has 1 aliphatic rings. The lowest BCUT2D eigenvalue weighted by atomic mass is 9.60. The van der Waals surface area contributed by atoms with E-state index in [-0.39, 0.29) is 0 Å². The van der Waals surface area contributed by atoms with E-state index in [1.807, 2.05) is 6.92 Å². The molecule has 0 N–H and O–H groups in total. The van der Waals surface area contributed by atoms with E-state index in [9.17, 15) is 0 Å². The zero-order valence-corrected chi connectivity index (χ0v) is 7.55. The summed E-state index contributed by atoms with van der Waals surface area (Å²) in [4.78, 5) is 0. The van der Waals surface area contributed by atoms with E-state index < -0.39 is 11.0 Å². The predicted octanol–water partition coefficient (Wildman–Crippen LogP) is 1.72. The lowest BCUT2D eigenvalue weighted by Crippen LogP contribution is -2.50. The van der Waals surface area contributed by atoms with E-state index in [1.54, 1.807) is 7.11 Å². The zero-order chi connectivity index (χ0) is 9.24. The van der Waals surface area contributed by atoms with Crippen molar-refractivity contribution in [3.63, 3.8) is 0 Å². The first kappa shape index (κ1) is 9.10. The minimum atomic E-state index is -0.708. The number of nitriles is 1. The molecular weight excluding hydrogens is 150 g/mol. The second-order valence-corrected chi connectivity index (χ2v) is 3.43. The van der Waals surface area contributed by atoms with Crippen molar-refractivity contribution in [1.29, 1.82) is 5.26 Å². The SMILES string of the molecule is C#C[C@@](C)(OC)C1(C#N)CCC1. The molecule has 12 heavy (non-hydrogen) atoms. The molecule has 1 rings (SSSR count). The van der Waals surface area contributed by atoms with E-state index in [1.165, 1.54) is 0 Å². The van der Waals surface area contributed by atoms with Gasteiger partial charge in [-0.05, 0) is 26.2 Å². The minimum Gasteiger partial charge on any atom is -0.364 e. The lowest BCUT2D eigenvalue weighted by Gasteiger charge is -2.45. The summed E-state index contributed by atoms with van der Waals surface area (Å²) in [6.07, 6.45) is 8.16. The van der Waals surface area contributed by atoms with Gasteiger partial charge in [0.1, 0.15) is 5.60 Å². The first-order chi connectivity index (χ1) is 5.64. The molecule has 64 valence electrons. The van der Waals surface area contributed by atoms with Crippen molar-refractivity contribution >= 4 is 0 Å². The van der Waals surface area contributed by atoms with Crippen LogP contribution in [0.5, 0.6) is 0 Å². The second kappa shape index (κ2) is 2.81. The molecule has 2 heteroatoms. The Labute approximate surface area is 73.5 Å². The second-order valence-electron chi connectivity index (χ2n) is 3.43. The number of nitrogens with zero attached hydrogens (tertiary/aromatic N) is 1. The Morgan fingerprint density at radius 1 is 1.58 bits per heavy atom. The number of hydrogen-bond acceptors (Lipinski definition) is 2. The Bertz CT molecular complexity index is 234. The molecule has 1 aliphatic carbocycles. The van der Waals surface area contributed by atoms with Crippen molar-refractivity contribution in [3.05, 3.63) is 0 Å². The summed E-state index contributed by atoms with van der Waals surface area (Å²) in [7, 11) is 1.57. The normalized spacial score (nSPS) is 24.3. The summed E-state index contributed by atoms with van der Waals surface area (Å²) < 4.78 is 5.23. The van der Waals surface area contributed by atoms with Gasteiger partial charge in [0.2, 0.25) is 0 Å². The molecule has 0 aromatic carbocycles. The van der Waals surface area contributed by atoms with Crippen molar-refractivity contribution < 1.29 is 4.74 Å². The summed E-state index contributed by atoms with van der Waals surface area (Å²) >= 11 is 0. The summed E-state index contributed by atoms with van der Waals surface area (Å²) in [5.74, 6) is 2.58. The van der Waals surface area contributed by atoms with Crippen LogP contribution in [-0.2, 0) is 4.74 Å². The number of methoxy groups -OCH3 is 1. The molecule has 2 nitrogen and oxygen atoms in total. The Balaban J connectivity index is 2.94. The van der Waals surface area contributed by atoms with Crippen LogP contribution >= 0.6 is 0 Å². The molecule has 0 saturated heterocycles. The first-order valence-electron chi connectivity index (χ1n) is 4.08. The molecule has 0 amide bonds. The summed E-state index contributed by atoms with van der Waals surface area (Å²) in [5, 5.41) is 9.01. The Kier molecular flexibility index (Phi) is 2.13. The fourth-order valence-corrected chi connectivity index (χ4v) is 1.62. The molecule has 0 aromatic rings. The van der Waals surface area contributed by atoms with Gasteiger partial charge in [-0.1, -0.05) is 5.92 Å². The third kappa shape index (κ3) is 0.924. The average Bonchev–Trinajstić information content (AvgIpc) is 2.03. The van der Waals surface area contributed by atoms with Crippen molar-refractivity contribution in [2.75, 3.05) is 7.11 Å². The maximum Gasteiger partial charge on any atom is 0.143 e. The minimum absolute atomic E-state index is 0.434. The molecule has 0 bridgehead atoms. The molecule has 1 fully saturated rings. The van der Waals surface area contributed by atoms with Gasteiger partial charge in [-0.25, -0.2) is 0 Å². The van der Waals surface area contributed by atoms with Crippen molar-refractivity contribution in [2.24, 2.45) is 5.41 Å². The van der Waals surface area contributed by atoms with Gasteiger partial charge in [0.25, 0.3) is 0 Å². The standard InChI is InChI=1S/C10H13NO/c1-4-9(2,12-3)10(8-11)6-5-7-10/h1H,5-7H2,2-3H3/t9-/m1/s1. The Morgan fingerprint density at radius 2 is 2.17 bits per heavy atom. The maximum absolute atomic E-state index is 9.01. The van der Waals surface area contributed by atoms with E-state index in [2.05, 4.69) is 12.0 Å². The van der Waals surface area contributed by atoms with Gasteiger partial charge in [0.15, 0.2) is 0 Å². The van der Waals surface area contributed by atoms with Gasteiger partial charge < -0.3 is 4.74 Å². The highest BCUT2D eigenvalue weighted by Crippen LogP contribution is 2.49. The van der Waals surface area contributed by atoms with Crippen LogP contribution in [0, 0.1) is 29.1 Å². The van der Waals surface area contributed by atoms with Crippen LogP contribution in [0.2, 0.25) is 0 Å². The highest BCUT2D eigenvalue weighted by atomic mass is 16.5. The summed E-state index contributed by atoms with van der Waals surface area (Å²) in [6, 6.07) is 2.29. The van der Waals surface area contributed by atoms with Gasteiger partial charge in [0, 0.05) is 7.11 Å². The van der Waals surface area contributed by atoms with Crippen LogP contribution in [0.15, 0.2) is 0 Å². The number of rotatable bonds is 2. The smallest absolute Gasteiger partial charge is 0.143 e. The molecule has 0 heterocycles. The number of terminal acetylenes is 1. The average molecular weight is 163 g/mol. The molecular formula is C10H13NO. The number of ether oxygens (including phenoxy) is 1. The molecule has 1 atom stereocenters. The third-order valence-corrected chi connectivity index (χ3v) is 3.02.